The molecule has 1 aromatic heterocycles. The molecule has 0 aliphatic rings. The third-order valence-electron chi connectivity index (χ3n) is 2.77. The van der Waals surface area contributed by atoms with Crippen molar-refractivity contribution in [3.63, 3.8) is 0 Å². The average Bonchev–Trinajstić information content (AvgIpc) is 2.36. The fourth-order valence-corrected chi connectivity index (χ4v) is 1.91. The molecule has 0 aliphatic heterocycles. The molecule has 0 fully saturated rings. The van der Waals surface area contributed by atoms with E-state index in [4.69, 9.17) is 17.3 Å². The fraction of sp³-hybridized carbons (Fsp3) is 0.167. The largest absolute Gasteiger partial charge is 0.435 e. The number of hydrogen-bond acceptors (Lipinski definition) is 3. The third kappa shape index (κ3) is 2.71. The number of nitrogen functional groups attached to an aromatic ring is 1. The van der Waals surface area contributed by atoms with Gasteiger partial charge in [0.1, 0.15) is 17.3 Å². The summed E-state index contributed by atoms with van der Waals surface area (Å²) in [5.74, 6) is -1.39. The molecule has 4 nitrogen and oxygen atoms in total. The zero-order valence-electron chi connectivity index (χ0n) is 10.5. The number of benzene rings is 1. The minimum Gasteiger partial charge on any atom is -0.392 e. The highest BCUT2D eigenvalue weighted by atomic mass is 35.5. The van der Waals surface area contributed by atoms with Crippen LogP contribution in [0.4, 0.5) is 23.2 Å². The summed E-state index contributed by atoms with van der Waals surface area (Å²) in [4.78, 5) is 15.1. The third-order valence-corrected chi connectivity index (χ3v) is 3.00. The number of nitrogens with zero attached hydrogens (tertiary/aromatic N) is 2. The monoisotopic (exact) mass is 321 g/mol. The molecule has 0 radical (unpaired) electrons. The molecule has 1 aromatic carbocycles. The van der Waals surface area contributed by atoms with E-state index in [-0.39, 0.29) is 10.6 Å². The zero-order valence-corrected chi connectivity index (χ0v) is 11.3. The van der Waals surface area contributed by atoms with E-state index in [1.165, 1.54) is 6.07 Å². The Kier molecular flexibility index (Phi) is 3.66. The van der Waals surface area contributed by atoms with Gasteiger partial charge in [0.2, 0.25) is 0 Å². The Bertz CT molecular complexity index is 770. The van der Waals surface area contributed by atoms with Crippen molar-refractivity contribution in [1.29, 1.82) is 0 Å². The van der Waals surface area contributed by atoms with E-state index in [9.17, 15) is 22.4 Å². The Morgan fingerprint density at radius 1 is 1.33 bits per heavy atom. The van der Waals surface area contributed by atoms with E-state index in [2.05, 4.69) is 4.98 Å². The van der Waals surface area contributed by atoms with Crippen molar-refractivity contribution in [2.45, 2.75) is 6.18 Å². The second-order valence-electron chi connectivity index (χ2n) is 4.18. The molecule has 0 unspecified atom stereocenters. The lowest BCUT2D eigenvalue weighted by atomic mass is 10.2. The molecule has 0 saturated heterocycles. The van der Waals surface area contributed by atoms with Gasteiger partial charge >= 0.3 is 6.18 Å². The lowest BCUT2D eigenvalue weighted by Gasteiger charge is -2.14. The van der Waals surface area contributed by atoms with Crippen molar-refractivity contribution < 1.29 is 17.6 Å². The lowest BCUT2D eigenvalue weighted by Crippen LogP contribution is -2.28. The molecule has 2 rings (SSSR count). The molecular formula is C12H8ClF4N3O. The summed E-state index contributed by atoms with van der Waals surface area (Å²) in [5, 5.41) is 0.0627. The van der Waals surface area contributed by atoms with Gasteiger partial charge < -0.3 is 5.73 Å². The van der Waals surface area contributed by atoms with Crippen molar-refractivity contribution in [2.75, 3.05) is 5.73 Å². The van der Waals surface area contributed by atoms with Gasteiger partial charge in [-0.15, -0.1) is 0 Å². The SMILES string of the molecule is Cn1c(-c2ccc(Cl)cc2F)nc(C(F)(F)F)c(N)c1=O. The van der Waals surface area contributed by atoms with Gasteiger partial charge in [-0.1, -0.05) is 11.6 Å². The van der Waals surface area contributed by atoms with Crippen LogP contribution in [0.2, 0.25) is 5.02 Å². The molecule has 0 spiro atoms. The zero-order chi connectivity index (χ0) is 15.9. The van der Waals surface area contributed by atoms with Crippen molar-refractivity contribution in [2.24, 2.45) is 7.05 Å². The van der Waals surface area contributed by atoms with E-state index in [1.54, 1.807) is 0 Å². The Hall–Kier alpha value is -2.09. The number of rotatable bonds is 1. The number of aromatic nitrogens is 2. The minimum atomic E-state index is -4.92. The summed E-state index contributed by atoms with van der Waals surface area (Å²) in [7, 11) is 1.15. The summed E-state index contributed by atoms with van der Waals surface area (Å²) in [6.07, 6.45) is -4.92. The Labute approximate surface area is 120 Å². The maximum atomic E-state index is 13.8. The second-order valence-corrected chi connectivity index (χ2v) is 4.62. The molecule has 2 aromatic rings. The number of halogens is 5. The number of hydrogen-bond donors (Lipinski definition) is 1. The van der Waals surface area contributed by atoms with Gasteiger partial charge in [-0.25, -0.2) is 9.37 Å². The van der Waals surface area contributed by atoms with Gasteiger partial charge in [0.25, 0.3) is 5.56 Å². The van der Waals surface area contributed by atoms with E-state index >= 15 is 0 Å². The van der Waals surface area contributed by atoms with Gasteiger partial charge in [-0.2, -0.15) is 13.2 Å². The van der Waals surface area contributed by atoms with Crippen LogP contribution in [0.3, 0.4) is 0 Å². The Morgan fingerprint density at radius 2 is 1.95 bits per heavy atom. The first kappa shape index (κ1) is 15.3. The van der Waals surface area contributed by atoms with E-state index in [1.807, 2.05) is 0 Å². The van der Waals surface area contributed by atoms with Crippen LogP contribution in [0.15, 0.2) is 23.0 Å². The maximum Gasteiger partial charge on any atom is 0.435 e. The van der Waals surface area contributed by atoms with Crippen LogP contribution in [0.5, 0.6) is 0 Å². The summed E-state index contributed by atoms with van der Waals surface area (Å²) in [6, 6.07) is 3.32. The number of anilines is 1. The smallest absolute Gasteiger partial charge is 0.392 e. The molecule has 0 bridgehead atoms. The molecule has 21 heavy (non-hydrogen) atoms. The molecule has 112 valence electrons. The van der Waals surface area contributed by atoms with Gasteiger partial charge in [0.15, 0.2) is 5.69 Å². The van der Waals surface area contributed by atoms with Crippen LogP contribution in [0.25, 0.3) is 11.4 Å². The Morgan fingerprint density at radius 3 is 2.48 bits per heavy atom. The molecule has 1 heterocycles. The van der Waals surface area contributed by atoms with Crippen LogP contribution in [-0.2, 0) is 13.2 Å². The fourth-order valence-electron chi connectivity index (χ4n) is 1.75. The molecule has 2 N–H and O–H groups in total. The van der Waals surface area contributed by atoms with Crippen molar-refractivity contribution in [3.8, 4) is 11.4 Å². The minimum absolute atomic E-state index is 0.0627. The number of alkyl halides is 3. The van der Waals surface area contributed by atoms with Crippen LogP contribution < -0.4 is 11.3 Å². The summed E-state index contributed by atoms with van der Waals surface area (Å²) in [6.45, 7) is 0. The van der Waals surface area contributed by atoms with Gasteiger partial charge in [-0.05, 0) is 18.2 Å². The molecular weight excluding hydrogens is 314 g/mol. The van der Waals surface area contributed by atoms with Gasteiger partial charge in [0, 0.05) is 12.1 Å². The predicted octanol–water partition coefficient (Wildman–Crippen LogP) is 2.84. The molecule has 9 heteroatoms. The van der Waals surface area contributed by atoms with Crippen molar-refractivity contribution in [1.82, 2.24) is 9.55 Å². The van der Waals surface area contributed by atoms with E-state index in [0.717, 1.165) is 23.7 Å². The predicted molar refractivity (Wildman–Crippen MR) is 69.3 cm³/mol. The van der Waals surface area contributed by atoms with Crippen molar-refractivity contribution >= 4 is 17.3 Å². The first-order chi connectivity index (χ1) is 9.62. The standard InChI is InChI=1S/C12H8ClF4N3O/c1-20-10(6-3-2-5(13)4-7(6)14)19-9(12(15,16)17)8(18)11(20)21/h2-4H,18H2,1H3. The molecule has 0 atom stereocenters. The topological polar surface area (TPSA) is 60.9 Å². The van der Waals surface area contributed by atoms with E-state index < -0.39 is 34.8 Å². The molecule has 0 aliphatic carbocycles. The molecule has 0 amide bonds. The molecule has 0 saturated carbocycles. The summed E-state index contributed by atoms with van der Waals surface area (Å²) in [5.41, 5.74) is 1.17. The lowest BCUT2D eigenvalue weighted by molar-refractivity contribution is -0.140. The quantitative estimate of drug-likeness (QED) is 0.822. The van der Waals surface area contributed by atoms with Gasteiger partial charge in [0.05, 0.1) is 5.56 Å². The van der Waals surface area contributed by atoms with Crippen LogP contribution in [-0.4, -0.2) is 9.55 Å². The van der Waals surface area contributed by atoms with Gasteiger partial charge in [-0.3, -0.25) is 9.36 Å². The normalized spacial score (nSPS) is 11.7. The van der Waals surface area contributed by atoms with Crippen molar-refractivity contribution in [3.05, 3.63) is 45.1 Å². The average molecular weight is 322 g/mol. The van der Waals surface area contributed by atoms with Crippen LogP contribution in [0.1, 0.15) is 5.69 Å². The number of nitrogens with two attached hydrogens (primary N) is 1. The Balaban J connectivity index is 2.81. The first-order valence-electron chi connectivity index (χ1n) is 5.52. The van der Waals surface area contributed by atoms with Crippen LogP contribution >= 0.6 is 11.6 Å². The van der Waals surface area contributed by atoms with E-state index in [0.29, 0.717) is 0 Å². The second kappa shape index (κ2) is 5.03. The highest BCUT2D eigenvalue weighted by Gasteiger charge is 2.37. The summed E-state index contributed by atoms with van der Waals surface area (Å²) < 4.78 is 53.0. The first-order valence-corrected chi connectivity index (χ1v) is 5.90. The maximum absolute atomic E-state index is 13.8. The summed E-state index contributed by atoms with van der Waals surface area (Å²) >= 11 is 5.58. The highest BCUT2D eigenvalue weighted by molar-refractivity contribution is 6.30. The highest BCUT2D eigenvalue weighted by Crippen LogP contribution is 2.32. The van der Waals surface area contributed by atoms with Crippen LogP contribution in [0, 0.1) is 5.82 Å².